The molecule has 1 saturated carbocycles. The van der Waals surface area contributed by atoms with Gasteiger partial charge in [-0.2, -0.15) is 31.4 Å². The van der Waals surface area contributed by atoms with Gasteiger partial charge in [0, 0.05) is 34.3 Å². The molecule has 2 aliphatic heterocycles. The smallest absolute Gasteiger partial charge is 0.416 e. The molecule has 4 heterocycles. The van der Waals surface area contributed by atoms with Crippen LogP contribution < -0.4 is 9.80 Å². The van der Waals surface area contributed by atoms with Gasteiger partial charge >= 0.3 is 12.4 Å². The molecule has 9 nitrogen and oxygen atoms in total. The Balaban J connectivity index is 1.14. The maximum atomic E-state index is 15.0. The number of benzene rings is 3. The molecule has 0 spiro atoms. The summed E-state index contributed by atoms with van der Waals surface area (Å²) in [7, 11) is 1.59. The van der Waals surface area contributed by atoms with Crippen LogP contribution in [0.5, 0.6) is 5.75 Å². The van der Waals surface area contributed by atoms with E-state index in [0.29, 0.717) is 33.3 Å². The standard InChI is InChI=1S/C42H31ClF6N4O5S/c1-18-26-15-21(43)8-11-31(26)59-35(18)29-17-32(51(3)50-29)53-37(56)28-16-27-23(34(40(28,2)39(53)58)24-6-4-5-7-30(24)54)9-10-25-33(27)38(57)52(36(25)55)22-13-19(41(44,45)46)12-20(14-22)42(47,48)49/h4-9,11-15,17,25,27-28,33-34,54H,10,16H2,1-3H3/t25-,27+,28-,33-,34+,40+/m0/s1. The normalized spacial score (nSPS) is 25.8. The second kappa shape index (κ2) is 13.0. The number of carbonyl (C=O) groups is 4. The molecule has 6 atom stereocenters. The van der Waals surface area contributed by atoms with Gasteiger partial charge in [0.05, 0.1) is 44.9 Å². The number of hydrogen-bond acceptors (Lipinski definition) is 7. The number of fused-ring (bicyclic) bond motifs is 5. The van der Waals surface area contributed by atoms with Gasteiger partial charge in [0.15, 0.2) is 0 Å². The van der Waals surface area contributed by atoms with Crippen molar-refractivity contribution >= 4 is 68.2 Å². The van der Waals surface area contributed by atoms with E-state index in [1.54, 1.807) is 50.4 Å². The highest BCUT2D eigenvalue weighted by atomic mass is 35.5. The Morgan fingerprint density at radius 3 is 2.20 bits per heavy atom. The average Bonchev–Trinajstić information content (AvgIpc) is 3.84. The number of alkyl halides is 6. The van der Waals surface area contributed by atoms with E-state index in [9.17, 15) is 45.8 Å². The predicted molar refractivity (Wildman–Crippen MR) is 205 cm³/mol. The number of hydrogen-bond donors (Lipinski definition) is 1. The van der Waals surface area contributed by atoms with Crippen LogP contribution in [0.15, 0.2) is 78.4 Å². The summed E-state index contributed by atoms with van der Waals surface area (Å²) in [4.78, 5) is 60.5. The van der Waals surface area contributed by atoms with Crippen LogP contribution >= 0.6 is 22.9 Å². The van der Waals surface area contributed by atoms with Crippen molar-refractivity contribution in [1.82, 2.24) is 9.78 Å². The molecule has 59 heavy (non-hydrogen) atoms. The molecule has 3 aromatic carbocycles. The fourth-order valence-electron chi connectivity index (χ4n) is 9.85. The number of aromatic hydroxyl groups is 1. The van der Waals surface area contributed by atoms with E-state index in [1.807, 2.05) is 19.1 Å². The van der Waals surface area contributed by atoms with Crippen LogP contribution in [-0.4, -0.2) is 38.5 Å². The number of phenols is 1. The van der Waals surface area contributed by atoms with Crippen LogP contribution in [0.25, 0.3) is 20.7 Å². The third kappa shape index (κ3) is 5.69. The number of anilines is 2. The van der Waals surface area contributed by atoms with Crippen molar-refractivity contribution in [3.63, 3.8) is 0 Å². The maximum Gasteiger partial charge on any atom is 0.416 e. The number of rotatable bonds is 4. The first-order chi connectivity index (χ1) is 27.7. The van der Waals surface area contributed by atoms with E-state index < -0.39 is 87.8 Å². The Kier molecular flexibility index (Phi) is 8.60. The molecule has 4 aliphatic rings. The summed E-state index contributed by atoms with van der Waals surface area (Å²) in [6, 6.07) is 13.9. The monoisotopic (exact) mass is 852 g/mol. The van der Waals surface area contributed by atoms with Gasteiger partial charge in [-0.25, -0.2) is 9.80 Å². The first kappa shape index (κ1) is 39.0. The van der Waals surface area contributed by atoms with Gasteiger partial charge in [0.25, 0.3) is 0 Å². The number of amides is 4. The summed E-state index contributed by atoms with van der Waals surface area (Å²) in [5.74, 6) is -8.89. The van der Waals surface area contributed by atoms with Crippen LogP contribution in [0.1, 0.15) is 47.9 Å². The molecule has 17 heteroatoms. The highest BCUT2D eigenvalue weighted by molar-refractivity contribution is 7.22. The Labute approximate surface area is 340 Å². The van der Waals surface area contributed by atoms with Crippen molar-refractivity contribution in [3.8, 4) is 16.3 Å². The molecule has 0 bridgehead atoms. The van der Waals surface area contributed by atoms with Gasteiger partial charge in [-0.3, -0.25) is 23.9 Å². The Morgan fingerprint density at radius 2 is 1.54 bits per heavy atom. The molecule has 9 rings (SSSR count). The van der Waals surface area contributed by atoms with Crippen LogP contribution in [0, 0.1) is 36.0 Å². The molecule has 0 unspecified atom stereocenters. The molecule has 2 aromatic heterocycles. The highest BCUT2D eigenvalue weighted by Crippen LogP contribution is 2.64. The summed E-state index contributed by atoms with van der Waals surface area (Å²) in [6.45, 7) is 3.53. The zero-order valence-electron chi connectivity index (χ0n) is 31.2. The lowest BCUT2D eigenvalue weighted by Gasteiger charge is -2.49. The number of nitrogens with zero attached hydrogens (tertiary/aromatic N) is 4. The van der Waals surface area contributed by atoms with Gasteiger partial charge in [-0.05, 0) is 86.0 Å². The van der Waals surface area contributed by atoms with E-state index in [1.165, 1.54) is 22.1 Å². The molecule has 2 saturated heterocycles. The molecule has 5 aromatic rings. The van der Waals surface area contributed by atoms with Crippen LogP contribution in [0.3, 0.4) is 0 Å². The Hall–Kier alpha value is -5.48. The zero-order valence-corrected chi connectivity index (χ0v) is 32.7. The SMILES string of the molecule is Cc1c(-c2cc(N3C(=O)[C@@H]4C[C@@H]5C(=CC[C@@H]6C(=O)N(c7cc(C(F)(F)F)cc(C(F)(F)F)c7)C(=O)[C@@H]65)[C@H](c5ccccc5O)[C@]4(C)C3=O)n(C)n2)sc2ccc(Cl)cc12. The molecule has 0 radical (unpaired) electrons. The number of imide groups is 2. The lowest BCUT2D eigenvalue weighted by atomic mass is 9.51. The van der Waals surface area contributed by atoms with Crippen molar-refractivity contribution in [2.45, 2.75) is 45.0 Å². The zero-order chi connectivity index (χ0) is 42.2. The maximum absolute atomic E-state index is 15.0. The van der Waals surface area contributed by atoms with Crippen LogP contribution in [0.2, 0.25) is 5.02 Å². The number of aryl methyl sites for hydroxylation is 2. The van der Waals surface area contributed by atoms with E-state index in [4.69, 9.17) is 11.6 Å². The van der Waals surface area contributed by atoms with Crippen molar-refractivity contribution in [3.05, 3.63) is 106 Å². The Bertz CT molecular complexity index is 2690. The van der Waals surface area contributed by atoms with E-state index >= 15 is 4.79 Å². The lowest BCUT2D eigenvalue weighted by Crippen LogP contribution is -2.49. The van der Waals surface area contributed by atoms with Gasteiger partial charge in [0.2, 0.25) is 23.6 Å². The molecular weight excluding hydrogens is 822 g/mol. The summed E-state index contributed by atoms with van der Waals surface area (Å²) in [6.07, 6.45) is -9.10. The number of allylic oxidation sites excluding steroid dienone is 2. The van der Waals surface area contributed by atoms with E-state index in [0.717, 1.165) is 25.4 Å². The molecule has 1 N–H and O–H groups in total. The molecule has 304 valence electrons. The van der Waals surface area contributed by atoms with E-state index in [2.05, 4.69) is 5.10 Å². The van der Waals surface area contributed by atoms with Gasteiger partial charge in [-0.1, -0.05) is 41.4 Å². The Morgan fingerprint density at radius 1 is 0.864 bits per heavy atom. The number of halogens is 7. The summed E-state index contributed by atoms with van der Waals surface area (Å²) in [5, 5.41) is 17.4. The van der Waals surface area contributed by atoms with Crippen molar-refractivity contribution in [1.29, 1.82) is 0 Å². The van der Waals surface area contributed by atoms with Gasteiger partial charge in [-0.15, -0.1) is 11.3 Å². The highest BCUT2D eigenvalue weighted by Gasteiger charge is 2.68. The second-order valence-electron chi connectivity index (χ2n) is 15.7. The fraction of sp³-hybridized carbons (Fsp3) is 0.310. The van der Waals surface area contributed by atoms with Crippen molar-refractivity contribution in [2.24, 2.45) is 36.1 Å². The molecule has 2 aliphatic carbocycles. The minimum Gasteiger partial charge on any atom is -0.508 e. The molecule has 3 fully saturated rings. The number of para-hydroxylation sites is 1. The number of thiophene rings is 1. The number of aromatic nitrogens is 2. The summed E-state index contributed by atoms with van der Waals surface area (Å²) < 4.78 is 85.7. The third-order valence-corrected chi connectivity index (χ3v) is 14.1. The summed E-state index contributed by atoms with van der Waals surface area (Å²) in [5.41, 5.74) is -3.70. The van der Waals surface area contributed by atoms with Crippen molar-refractivity contribution < 1.29 is 50.6 Å². The molecule has 4 amide bonds. The van der Waals surface area contributed by atoms with Crippen LogP contribution in [-0.2, 0) is 38.6 Å². The minimum atomic E-state index is -5.23. The largest absolute Gasteiger partial charge is 0.508 e. The fourth-order valence-corrected chi connectivity index (χ4v) is 11.2. The minimum absolute atomic E-state index is 0.0838. The molecular formula is C42H31ClF6N4O5S. The number of phenolic OH excluding ortho intramolecular Hbond substituents is 1. The van der Waals surface area contributed by atoms with Crippen LogP contribution in [0.4, 0.5) is 37.8 Å². The third-order valence-electron chi connectivity index (χ3n) is 12.6. The van der Waals surface area contributed by atoms with Gasteiger partial charge < -0.3 is 5.11 Å². The van der Waals surface area contributed by atoms with E-state index in [-0.39, 0.29) is 36.0 Å². The number of carbonyl (C=O) groups excluding carboxylic acids is 4. The topological polar surface area (TPSA) is 113 Å². The van der Waals surface area contributed by atoms with Gasteiger partial charge in [0.1, 0.15) is 17.3 Å². The van der Waals surface area contributed by atoms with Crippen molar-refractivity contribution in [2.75, 3.05) is 9.80 Å². The predicted octanol–water partition coefficient (Wildman–Crippen LogP) is 9.44. The lowest BCUT2D eigenvalue weighted by molar-refractivity contribution is -0.143. The quantitative estimate of drug-likeness (QED) is 0.110. The summed E-state index contributed by atoms with van der Waals surface area (Å²) >= 11 is 7.73. The average molecular weight is 853 g/mol. The first-order valence-electron chi connectivity index (χ1n) is 18.5. The second-order valence-corrected chi connectivity index (χ2v) is 17.2. The first-order valence-corrected chi connectivity index (χ1v) is 19.7.